The van der Waals surface area contributed by atoms with Gasteiger partial charge in [-0.15, -0.1) is 0 Å². The number of nitro groups is 1. The lowest BCUT2D eigenvalue weighted by atomic mass is 10.2. The summed E-state index contributed by atoms with van der Waals surface area (Å²) >= 11 is 3.37. The van der Waals surface area contributed by atoms with Crippen molar-refractivity contribution in [2.75, 3.05) is 7.11 Å². The minimum absolute atomic E-state index is 0.0246. The van der Waals surface area contributed by atoms with Gasteiger partial charge in [-0.1, -0.05) is 0 Å². The highest BCUT2D eigenvalue weighted by Gasteiger charge is 2.24. The van der Waals surface area contributed by atoms with Crippen LogP contribution in [0.3, 0.4) is 0 Å². The molecule has 2 aromatic carbocycles. The Bertz CT molecular complexity index is 919. The third kappa shape index (κ3) is 3.58. The van der Waals surface area contributed by atoms with Crippen molar-refractivity contribution in [1.29, 1.82) is 0 Å². The summed E-state index contributed by atoms with van der Waals surface area (Å²) < 4.78 is 11.1. The number of hydrogen-bond acceptors (Lipinski definition) is 6. The molecular weight excluding hydrogens is 392 g/mol. The van der Waals surface area contributed by atoms with Crippen LogP contribution in [-0.4, -0.2) is 23.9 Å². The van der Waals surface area contributed by atoms with E-state index in [4.69, 9.17) is 9.47 Å². The molecule has 0 unspecified atom stereocenters. The van der Waals surface area contributed by atoms with Gasteiger partial charge in [0.15, 0.2) is 5.70 Å². The van der Waals surface area contributed by atoms with Crippen LogP contribution < -0.4 is 4.74 Å². The molecule has 1 aliphatic heterocycles. The summed E-state index contributed by atoms with van der Waals surface area (Å²) in [6.07, 6.45) is 1.51. The highest BCUT2D eigenvalue weighted by molar-refractivity contribution is 9.10. The molecule has 0 radical (unpaired) electrons. The van der Waals surface area contributed by atoms with Crippen molar-refractivity contribution in [3.05, 3.63) is 73.9 Å². The lowest BCUT2D eigenvalue weighted by Crippen LogP contribution is -2.05. The van der Waals surface area contributed by atoms with E-state index in [-0.39, 0.29) is 17.3 Å². The van der Waals surface area contributed by atoms with Gasteiger partial charge >= 0.3 is 5.97 Å². The quantitative estimate of drug-likeness (QED) is 0.336. The lowest BCUT2D eigenvalue weighted by molar-refractivity contribution is -0.384. The van der Waals surface area contributed by atoms with Crippen LogP contribution >= 0.6 is 15.9 Å². The first-order valence-electron chi connectivity index (χ1n) is 7.09. The second-order valence-corrected chi connectivity index (χ2v) is 5.89. The zero-order valence-electron chi connectivity index (χ0n) is 12.9. The molecule has 25 heavy (non-hydrogen) atoms. The van der Waals surface area contributed by atoms with Crippen molar-refractivity contribution in [2.24, 2.45) is 4.99 Å². The first kappa shape index (κ1) is 16.8. The maximum Gasteiger partial charge on any atom is 0.363 e. The number of nitrogens with zero attached hydrogens (tertiary/aromatic N) is 2. The number of aliphatic imine (C=N–C) groups is 1. The summed E-state index contributed by atoms with van der Waals surface area (Å²) in [4.78, 5) is 26.4. The molecule has 8 heteroatoms. The Morgan fingerprint density at radius 1 is 1.24 bits per heavy atom. The second-order valence-electron chi connectivity index (χ2n) is 5.03. The molecule has 0 N–H and O–H groups in total. The third-order valence-electron chi connectivity index (χ3n) is 3.43. The standard InChI is InChI=1S/C17H11BrN2O5/c1-24-15-7-4-11(9-13(15)18)16-19-14(17(21)25-16)8-10-2-5-12(6-3-10)20(22)23/h2-9H,1H3/b14-8+. The predicted octanol–water partition coefficient (Wildman–Crippen LogP) is 3.71. The molecule has 0 spiro atoms. The van der Waals surface area contributed by atoms with Crippen LogP contribution in [0.1, 0.15) is 11.1 Å². The molecule has 0 atom stereocenters. The molecule has 1 heterocycles. The maximum atomic E-state index is 12.0. The SMILES string of the molecule is COc1ccc(C2=N/C(=C/c3ccc([N+](=O)[O-])cc3)C(=O)O2)cc1Br. The van der Waals surface area contributed by atoms with Crippen LogP contribution in [0.15, 0.2) is 57.6 Å². The van der Waals surface area contributed by atoms with Crippen molar-refractivity contribution >= 4 is 39.6 Å². The molecule has 0 aromatic heterocycles. The summed E-state index contributed by atoms with van der Waals surface area (Å²) in [5.74, 6) is 0.247. The molecule has 0 saturated carbocycles. The van der Waals surface area contributed by atoms with E-state index in [1.807, 2.05) is 0 Å². The van der Waals surface area contributed by atoms with Crippen molar-refractivity contribution in [1.82, 2.24) is 0 Å². The van der Waals surface area contributed by atoms with Gasteiger partial charge in [0.25, 0.3) is 5.69 Å². The van der Waals surface area contributed by atoms with E-state index in [2.05, 4.69) is 20.9 Å². The normalized spacial score (nSPS) is 15.0. The van der Waals surface area contributed by atoms with Crippen molar-refractivity contribution in [2.45, 2.75) is 0 Å². The summed E-state index contributed by atoms with van der Waals surface area (Å²) in [6.45, 7) is 0. The number of non-ortho nitro benzene ring substituents is 1. The summed E-state index contributed by atoms with van der Waals surface area (Å²) in [5, 5.41) is 10.7. The van der Waals surface area contributed by atoms with Gasteiger partial charge in [-0.05, 0) is 57.9 Å². The minimum atomic E-state index is -0.583. The van der Waals surface area contributed by atoms with Crippen molar-refractivity contribution < 1.29 is 19.2 Å². The Morgan fingerprint density at radius 3 is 2.56 bits per heavy atom. The third-order valence-corrected chi connectivity index (χ3v) is 4.05. The second kappa shape index (κ2) is 6.86. The highest BCUT2D eigenvalue weighted by atomic mass is 79.9. The van der Waals surface area contributed by atoms with E-state index in [0.29, 0.717) is 21.3 Å². The van der Waals surface area contributed by atoms with Gasteiger partial charge in [0.2, 0.25) is 5.90 Å². The van der Waals surface area contributed by atoms with Crippen LogP contribution in [0.4, 0.5) is 5.69 Å². The Morgan fingerprint density at radius 2 is 1.96 bits per heavy atom. The van der Waals surface area contributed by atoms with Gasteiger partial charge in [-0.25, -0.2) is 9.79 Å². The summed E-state index contributed by atoms with van der Waals surface area (Å²) in [7, 11) is 1.55. The number of rotatable bonds is 4. The first-order valence-corrected chi connectivity index (χ1v) is 7.88. The first-order chi connectivity index (χ1) is 12.0. The van der Waals surface area contributed by atoms with Gasteiger partial charge in [-0.2, -0.15) is 0 Å². The van der Waals surface area contributed by atoms with Crippen molar-refractivity contribution in [3.8, 4) is 5.75 Å². The van der Waals surface area contributed by atoms with Crippen LogP contribution in [0, 0.1) is 10.1 Å². The number of hydrogen-bond donors (Lipinski definition) is 0. The molecule has 0 aliphatic carbocycles. The summed E-state index contributed by atoms with van der Waals surface area (Å²) in [5.41, 5.74) is 1.32. The lowest BCUT2D eigenvalue weighted by Gasteiger charge is -2.05. The Labute approximate surface area is 150 Å². The number of halogens is 1. The number of nitro benzene ring substituents is 1. The average Bonchev–Trinajstić information content (AvgIpc) is 2.96. The number of carbonyl (C=O) groups is 1. The monoisotopic (exact) mass is 402 g/mol. The van der Waals surface area contributed by atoms with Gasteiger partial charge < -0.3 is 9.47 Å². The largest absolute Gasteiger partial charge is 0.496 e. The Kier molecular flexibility index (Phi) is 4.62. The number of benzene rings is 2. The van der Waals surface area contributed by atoms with E-state index in [1.54, 1.807) is 25.3 Å². The zero-order valence-corrected chi connectivity index (χ0v) is 14.5. The molecule has 2 aromatic rings. The molecule has 1 aliphatic rings. The van der Waals surface area contributed by atoms with Gasteiger partial charge in [0.1, 0.15) is 5.75 Å². The highest BCUT2D eigenvalue weighted by Crippen LogP contribution is 2.28. The van der Waals surface area contributed by atoms with Crippen LogP contribution in [-0.2, 0) is 9.53 Å². The fraction of sp³-hybridized carbons (Fsp3) is 0.0588. The Balaban J connectivity index is 1.89. The van der Waals surface area contributed by atoms with E-state index in [0.717, 1.165) is 0 Å². The molecule has 3 rings (SSSR count). The van der Waals surface area contributed by atoms with Crippen LogP contribution in [0.5, 0.6) is 5.75 Å². The maximum absolute atomic E-state index is 12.0. The zero-order chi connectivity index (χ0) is 18.0. The van der Waals surface area contributed by atoms with E-state index in [9.17, 15) is 14.9 Å². The Hall–Kier alpha value is -3.00. The van der Waals surface area contributed by atoms with Crippen LogP contribution in [0.25, 0.3) is 6.08 Å². The fourth-order valence-corrected chi connectivity index (χ4v) is 2.72. The van der Waals surface area contributed by atoms with E-state index >= 15 is 0 Å². The van der Waals surface area contributed by atoms with E-state index < -0.39 is 10.9 Å². The average molecular weight is 403 g/mol. The number of cyclic esters (lactones) is 1. The fourth-order valence-electron chi connectivity index (χ4n) is 2.18. The number of esters is 1. The van der Waals surface area contributed by atoms with Gasteiger partial charge in [0, 0.05) is 17.7 Å². The number of carbonyl (C=O) groups excluding carboxylic acids is 1. The number of ether oxygens (including phenoxy) is 2. The van der Waals surface area contributed by atoms with Gasteiger partial charge in [-0.3, -0.25) is 10.1 Å². The molecule has 0 fully saturated rings. The molecular formula is C17H11BrN2O5. The predicted molar refractivity (Wildman–Crippen MR) is 94.4 cm³/mol. The van der Waals surface area contributed by atoms with Gasteiger partial charge in [0.05, 0.1) is 16.5 Å². The molecule has 7 nitrogen and oxygen atoms in total. The topological polar surface area (TPSA) is 91.0 Å². The molecule has 0 bridgehead atoms. The van der Waals surface area contributed by atoms with Crippen molar-refractivity contribution in [3.63, 3.8) is 0 Å². The van der Waals surface area contributed by atoms with Crippen LogP contribution in [0.2, 0.25) is 0 Å². The molecule has 0 amide bonds. The molecule has 0 saturated heterocycles. The minimum Gasteiger partial charge on any atom is -0.496 e. The number of methoxy groups -OCH3 is 1. The van der Waals surface area contributed by atoms with E-state index in [1.165, 1.54) is 30.3 Å². The summed E-state index contributed by atoms with van der Waals surface area (Å²) in [6, 6.07) is 11.0. The smallest absolute Gasteiger partial charge is 0.363 e. The molecule has 126 valence electrons.